The van der Waals surface area contributed by atoms with E-state index < -0.39 is 5.60 Å². The van der Waals surface area contributed by atoms with Crippen LogP contribution in [-0.4, -0.2) is 34.7 Å². The Labute approximate surface area is 115 Å². The van der Waals surface area contributed by atoms with Gasteiger partial charge in [0, 0.05) is 6.54 Å². The molecule has 0 bridgehead atoms. The standard InChI is InChI=1S/C14H27NO2S/c1-2-3-10-18-11-13(16)15-12-14(17)8-6-4-5-7-9-14/h17H,2-12H2,1H3,(H,15,16). The van der Waals surface area contributed by atoms with E-state index in [1.165, 1.54) is 25.7 Å². The van der Waals surface area contributed by atoms with Crippen molar-refractivity contribution in [2.45, 2.75) is 63.9 Å². The molecule has 1 aliphatic carbocycles. The number of rotatable bonds is 7. The fourth-order valence-corrected chi connectivity index (χ4v) is 3.21. The first-order valence-electron chi connectivity index (χ1n) is 7.23. The highest BCUT2D eigenvalue weighted by Crippen LogP contribution is 2.26. The molecule has 0 spiro atoms. The zero-order valence-corrected chi connectivity index (χ0v) is 12.4. The van der Waals surface area contributed by atoms with Gasteiger partial charge in [0.1, 0.15) is 0 Å². The molecule has 4 heteroatoms. The normalized spacial score (nSPS) is 19.2. The second kappa shape index (κ2) is 8.81. The van der Waals surface area contributed by atoms with Crippen LogP contribution in [0, 0.1) is 0 Å². The van der Waals surface area contributed by atoms with Crippen LogP contribution in [-0.2, 0) is 4.79 Å². The maximum absolute atomic E-state index is 11.6. The molecule has 2 N–H and O–H groups in total. The summed E-state index contributed by atoms with van der Waals surface area (Å²) in [5.41, 5.74) is -0.653. The number of unbranched alkanes of at least 4 members (excludes halogenated alkanes) is 1. The second-order valence-electron chi connectivity index (χ2n) is 5.32. The summed E-state index contributed by atoms with van der Waals surface area (Å²) in [5, 5.41) is 13.3. The number of carbonyl (C=O) groups is 1. The van der Waals surface area contributed by atoms with Crippen molar-refractivity contribution in [2.75, 3.05) is 18.1 Å². The average molecular weight is 273 g/mol. The molecule has 0 aromatic rings. The van der Waals surface area contributed by atoms with Gasteiger partial charge in [-0.2, -0.15) is 11.8 Å². The van der Waals surface area contributed by atoms with Crippen LogP contribution in [0.5, 0.6) is 0 Å². The predicted molar refractivity (Wildman–Crippen MR) is 77.9 cm³/mol. The molecule has 0 unspecified atom stereocenters. The van der Waals surface area contributed by atoms with Gasteiger partial charge < -0.3 is 10.4 Å². The number of thioether (sulfide) groups is 1. The zero-order valence-electron chi connectivity index (χ0n) is 11.5. The van der Waals surface area contributed by atoms with Crippen LogP contribution in [0.25, 0.3) is 0 Å². The zero-order chi connectivity index (χ0) is 13.3. The minimum Gasteiger partial charge on any atom is -0.388 e. The van der Waals surface area contributed by atoms with Crippen LogP contribution >= 0.6 is 11.8 Å². The van der Waals surface area contributed by atoms with Crippen molar-refractivity contribution in [2.24, 2.45) is 0 Å². The summed E-state index contributed by atoms with van der Waals surface area (Å²) in [6.45, 7) is 2.59. The highest BCUT2D eigenvalue weighted by molar-refractivity contribution is 7.99. The fraction of sp³-hybridized carbons (Fsp3) is 0.929. The van der Waals surface area contributed by atoms with E-state index in [0.29, 0.717) is 12.3 Å². The predicted octanol–water partition coefficient (Wildman–Crippen LogP) is 2.72. The lowest BCUT2D eigenvalue weighted by molar-refractivity contribution is -0.120. The first kappa shape index (κ1) is 15.8. The van der Waals surface area contributed by atoms with Crippen molar-refractivity contribution in [3.63, 3.8) is 0 Å². The Hall–Kier alpha value is -0.220. The Morgan fingerprint density at radius 1 is 1.28 bits per heavy atom. The lowest BCUT2D eigenvalue weighted by Gasteiger charge is -2.26. The molecular weight excluding hydrogens is 246 g/mol. The molecule has 106 valence electrons. The molecule has 0 aromatic carbocycles. The van der Waals surface area contributed by atoms with Crippen molar-refractivity contribution in [1.29, 1.82) is 0 Å². The lowest BCUT2D eigenvalue weighted by Crippen LogP contribution is -2.43. The van der Waals surface area contributed by atoms with E-state index in [0.717, 1.165) is 31.4 Å². The number of hydrogen-bond donors (Lipinski definition) is 2. The molecule has 1 saturated carbocycles. The van der Waals surface area contributed by atoms with Gasteiger partial charge in [-0.3, -0.25) is 4.79 Å². The lowest BCUT2D eigenvalue weighted by atomic mass is 9.94. The van der Waals surface area contributed by atoms with Gasteiger partial charge in [0.15, 0.2) is 0 Å². The summed E-state index contributed by atoms with van der Waals surface area (Å²) in [4.78, 5) is 11.6. The number of amides is 1. The Morgan fingerprint density at radius 2 is 1.94 bits per heavy atom. The van der Waals surface area contributed by atoms with Crippen LogP contribution in [0.15, 0.2) is 0 Å². The molecular formula is C14H27NO2S. The van der Waals surface area contributed by atoms with Crippen LogP contribution < -0.4 is 5.32 Å². The highest BCUT2D eigenvalue weighted by atomic mass is 32.2. The molecule has 18 heavy (non-hydrogen) atoms. The number of carbonyl (C=O) groups excluding carboxylic acids is 1. The number of nitrogens with one attached hydrogen (secondary N) is 1. The topological polar surface area (TPSA) is 49.3 Å². The van der Waals surface area contributed by atoms with E-state index >= 15 is 0 Å². The number of aliphatic hydroxyl groups is 1. The van der Waals surface area contributed by atoms with Crippen molar-refractivity contribution < 1.29 is 9.90 Å². The number of hydrogen-bond acceptors (Lipinski definition) is 3. The SMILES string of the molecule is CCCCSCC(=O)NCC1(O)CCCCCC1. The van der Waals surface area contributed by atoms with Crippen LogP contribution in [0.3, 0.4) is 0 Å². The maximum Gasteiger partial charge on any atom is 0.230 e. The highest BCUT2D eigenvalue weighted by Gasteiger charge is 2.28. The van der Waals surface area contributed by atoms with Gasteiger partial charge in [-0.15, -0.1) is 0 Å². The second-order valence-corrected chi connectivity index (χ2v) is 6.43. The van der Waals surface area contributed by atoms with Gasteiger partial charge in [-0.05, 0) is 25.0 Å². The molecule has 1 aliphatic rings. The molecule has 0 saturated heterocycles. The van der Waals surface area contributed by atoms with Crippen molar-refractivity contribution in [3.05, 3.63) is 0 Å². The third-order valence-corrected chi connectivity index (χ3v) is 4.57. The summed E-state index contributed by atoms with van der Waals surface area (Å²) in [7, 11) is 0. The van der Waals surface area contributed by atoms with Crippen LogP contribution in [0.4, 0.5) is 0 Å². The minimum absolute atomic E-state index is 0.0637. The van der Waals surface area contributed by atoms with Gasteiger partial charge in [0.25, 0.3) is 0 Å². The molecule has 0 atom stereocenters. The third kappa shape index (κ3) is 6.64. The first-order chi connectivity index (χ1) is 8.66. The summed E-state index contributed by atoms with van der Waals surface area (Å²) in [5.74, 6) is 1.64. The van der Waals surface area contributed by atoms with Crippen molar-refractivity contribution in [1.82, 2.24) is 5.32 Å². The summed E-state index contributed by atoms with van der Waals surface area (Å²) in [6, 6.07) is 0. The van der Waals surface area contributed by atoms with Gasteiger partial charge in [0.05, 0.1) is 11.4 Å². The van der Waals surface area contributed by atoms with Gasteiger partial charge in [-0.25, -0.2) is 0 Å². The molecule has 0 radical (unpaired) electrons. The minimum atomic E-state index is -0.653. The molecule has 1 amide bonds. The molecule has 3 nitrogen and oxygen atoms in total. The maximum atomic E-state index is 11.6. The fourth-order valence-electron chi connectivity index (χ4n) is 2.29. The van der Waals surface area contributed by atoms with Crippen molar-refractivity contribution >= 4 is 17.7 Å². The van der Waals surface area contributed by atoms with E-state index in [9.17, 15) is 9.90 Å². The largest absolute Gasteiger partial charge is 0.388 e. The van der Waals surface area contributed by atoms with Crippen LogP contribution in [0.2, 0.25) is 0 Å². The molecule has 1 fully saturated rings. The van der Waals surface area contributed by atoms with Gasteiger partial charge in [0.2, 0.25) is 5.91 Å². The summed E-state index contributed by atoms with van der Waals surface area (Å²) < 4.78 is 0. The first-order valence-corrected chi connectivity index (χ1v) is 8.38. The molecule has 0 aliphatic heterocycles. The molecule has 0 aromatic heterocycles. The monoisotopic (exact) mass is 273 g/mol. The smallest absolute Gasteiger partial charge is 0.230 e. The third-order valence-electron chi connectivity index (χ3n) is 3.52. The Bertz CT molecular complexity index is 238. The Kier molecular flexibility index (Phi) is 7.75. The van der Waals surface area contributed by atoms with Gasteiger partial charge in [-0.1, -0.05) is 39.0 Å². The van der Waals surface area contributed by atoms with E-state index in [1.54, 1.807) is 11.8 Å². The van der Waals surface area contributed by atoms with Crippen molar-refractivity contribution in [3.8, 4) is 0 Å². The van der Waals surface area contributed by atoms with Gasteiger partial charge >= 0.3 is 0 Å². The quantitative estimate of drug-likeness (QED) is 0.554. The summed E-state index contributed by atoms with van der Waals surface area (Å²) in [6.07, 6.45) is 8.59. The van der Waals surface area contributed by atoms with Crippen LogP contribution in [0.1, 0.15) is 58.3 Å². The Morgan fingerprint density at radius 3 is 2.56 bits per heavy atom. The van der Waals surface area contributed by atoms with E-state index in [1.807, 2.05) is 0 Å². The molecule has 1 rings (SSSR count). The van der Waals surface area contributed by atoms with E-state index in [2.05, 4.69) is 12.2 Å². The van der Waals surface area contributed by atoms with E-state index in [4.69, 9.17) is 0 Å². The van der Waals surface area contributed by atoms with E-state index in [-0.39, 0.29) is 5.91 Å². The summed E-state index contributed by atoms with van der Waals surface area (Å²) >= 11 is 1.68. The Balaban J connectivity index is 2.15. The molecule has 0 heterocycles. The average Bonchev–Trinajstić information content (AvgIpc) is 2.58.